The first-order chi connectivity index (χ1) is 32.5. The number of carbonyl (C=O) groups is 4. The lowest BCUT2D eigenvalue weighted by Crippen LogP contribution is -2.49. The molecule has 9 rings (SSSR count). The first kappa shape index (κ1) is 83.5. The Labute approximate surface area is 478 Å². The molecular formula is C65H132O12. The third-order valence-electron chi connectivity index (χ3n) is 17.7. The highest BCUT2D eigenvalue weighted by Gasteiger charge is 2.51. The van der Waals surface area contributed by atoms with Crippen molar-refractivity contribution in [1.29, 1.82) is 0 Å². The Bertz CT molecular complexity index is 1520. The van der Waals surface area contributed by atoms with Gasteiger partial charge in [0.05, 0.1) is 40.5 Å². The van der Waals surface area contributed by atoms with Gasteiger partial charge in [0, 0.05) is 6.61 Å². The van der Waals surface area contributed by atoms with Gasteiger partial charge in [-0.05, 0) is 218 Å². The van der Waals surface area contributed by atoms with Crippen LogP contribution in [-0.4, -0.2) is 76.5 Å². The standard InChI is InChI=1S/C18H30O3.C17H28O3.C13H24O3.C9H18O3.8CH4/c1-4-17(2,3)16(19)21-12-20-11-18-8-13-5-14(9-18)7-15(6-13)10-18;1-4-17(2,3)16(18)20-10-19-15-13-6-11-5-12(8-13)9-14(15)7-11;1-4-13(2,3)12(14)16-10-15-11-8-6-5-7-9-11;1-5-9(3,4)8(10)12-7-11-6-2;;;;;;;;/h13-15H,4-12H2,1-3H3;11-15H,4-10H2,1-3H3;11H,4-10H2,1-3H3;5-7H2,1-4H3;8*1H4. The fraction of sp³-hybridized carbons (Fsp3) is 0.938. The Balaban J connectivity index is -0.000000295. The minimum absolute atomic E-state index is 0. The fourth-order valence-corrected chi connectivity index (χ4v) is 12.1. The smallest absolute Gasteiger partial charge is 0.313 e. The van der Waals surface area contributed by atoms with Crippen LogP contribution < -0.4 is 0 Å². The first-order valence-electron chi connectivity index (χ1n) is 27.6. The van der Waals surface area contributed by atoms with Crippen LogP contribution in [0.4, 0.5) is 0 Å². The van der Waals surface area contributed by atoms with Gasteiger partial charge in [-0.15, -0.1) is 0 Å². The van der Waals surface area contributed by atoms with Crippen molar-refractivity contribution in [2.24, 2.45) is 68.5 Å². The van der Waals surface area contributed by atoms with Crippen molar-refractivity contribution in [3.8, 4) is 0 Å². The Kier molecular flexibility index (Phi) is 41.7. The van der Waals surface area contributed by atoms with Gasteiger partial charge in [-0.25, -0.2) is 0 Å². The minimum Gasteiger partial charge on any atom is -0.438 e. The van der Waals surface area contributed by atoms with Crippen LogP contribution in [0.3, 0.4) is 0 Å². The molecule has 0 atom stereocenters. The van der Waals surface area contributed by atoms with Crippen molar-refractivity contribution in [1.82, 2.24) is 0 Å². The highest BCUT2D eigenvalue weighted by Crippen LogP contribution is 2.60. The summed E-state index contributed by atoms with van der Waals surface area (Å²) in [5, 5.41) is 0. The van der Waals surface area contributed by atoms with Crippen molar-refractivity contribution in [3.05, 3.63) is 0 Å². The predicted octanol–water partition coefficient (Wildman–Crippen LogP) is 18.2. The topological polar surface area (TPSA) is 142 Å². The fourth-order valence-electron chi connectivity index (χ4n) is 12.1. The van der Waals surface area contributed by atoms with Crippen LogP contribution in [-0.2, 0) is 57.1 Å². The lowest BCUT2D eigenvalue weighted by Gasteiger charge is -2.56. The maximum absolute atomic E-state index is 11.9. The molecule has 464 valence electrons. The average molecular weight is 1110 g/mol. The van der Waals surface area contributed by atoms with E-state index in [4.69, 9.17) is 37.9 Å². The molecule has 0 N–H and O–H groups in total. The number of hydrogen-bond donors (Lipinski definition) is 0. The van der Waals surface area contributed by atoms with E-state index in [9.17, 15) is 19.2 Å². The predicted molar refractivity (Wildman–Crippen MR) is 322 cm³/mol. The van der Waals surface area contributed by atoms with Crippen LogP contribution in [0.5, 0.6) is 0 Å². The second-order valence-corrected chi connectivity index (χ2v) is 24.9. The van der Waals surface area contributed by atoms with Crippen LogP contribution in [0.25, 0.3) is 0 Å². The molecule has 77 heavy (non-hydrogen) atoms. The number of rotatable bonds is 21. The molecule has 0 aromatic rings. The minimum atomic E-state index is -0.399. The molecule has 9 aliphatic rings. The molecule has 12 heteroatoms. The van der Waals surface area contributed by atoms with Crippen LogP contribution in [0.2, 0.25) is 0 Å². The van der Waals surface area contributed by atoms with Crippen molar-refractivity contribution < 1.29 is 57.1 Å². The Morgan fingerprint density at radius 2 is 0.714 bits per heavy atom. The molecule has 0 unspecified atom stereocenters. The highest BCUT2D eigenvalue weighted by molar-refractivity contribution is 5.77. The summed E-state index contributed by atoms with van der Waals surface area (Å²) in [6, 6.07) is 0. The molecule has 0 aromatic carbocycles. The summed E-state index contributed by atoms with van der Waals surface area (Å²) in [5.74, 6) is 5.57. The monoisotopic (exact) mass is 1100 g/mol. The van der Waals surface area contributed by atoms with E-state index < -0.39 is 21.7 Å². The Morgan fingerprint density at radius 3 is 1.05 bits per heavy atom. The summed E-state index contributed by atoms with van der Waals surface area (Å²) in [4.78, 5) is 46.8. The second kappa shape index (κ2) is 38.4. The zero-order valence-electron chi connectivity index (χ0n) is 46.0. The van der Waals surface area contributed by atoms with Crippen molar-refractivity contribution in [3.63, 3.8) is 0 Å². The van der Waals surface area contributed by atoms with Crippen LogP contribution in [0, 0.1) is 68.5 Å². The van der Waals surface area contributed by atoms with Gasteiger partial charge in [-0.2, -0.15) is 0 Å². The molecule has 0 saturated heterocycles. The SMILES string of the molecule is C.C.C.C.C.C.C.C.CCC(C)(C)C(=O)OCOC1C2CC3CC(C2)CC1C3.CCC(C)(C)C(=O)OCOC1CCCCC1.CCC(C)(C)C(=O)OCOCC12CC3CC(CC(C3)C1)C2.CCOCOC(=O)C(C)(C)CC. The lowest BCUT2D eigenvalue weighted by molar-refractivity contribution is -0.193. The van der Waals surface area contributed by atoms with Gasteiger partial charge in [-0.3, -0.25) is 19.2 Å². The van der Waals surface area contributed by atoms with Gasteiger partial charge in [0.25, 0.3) is 0 Å². The Hall–Kier alpha value is -2.28. The number of esters is 4. The molecule has 0 aromatic heterocycles. The summed E-state index contributed by atoms with van der Waals surface area (Å²) in [5.41, 5.74) is -1.17. The van der Waals surface area contributed by atoms with E-state index in [1.54, 1.807) is 0 Å². The molecule has 0 aliphatic heterocycles. The molecule has 8 bridgehead atoms. The number of hydrogen-bond acceptors (Lipinski definition) is 12. The number of ether oxygens (including phenoxy) is 8. The van der Waals surface area contributed by atoms with Crippen LogP contribution in [0.15, 0.2) is 0 Å². The van der Waals surface area contributed by atoms with Crippen molar-refractivity contribution in [2.45, 2.75) is 290 Å². The summed E-state index contributed by atoms with van der Waals surface area (Å²) in [7, 11) is 0. The summed E-state index contributed by atoms with van der Waals surface area (Å²) < 4.78 is 42.9. The van der Waals surface area contributed by atoms with Crippen LogP contribution >= 0.6 is 0 Å². The molecule has 12 nitrogen and oxygen atoms in total. The van der Waals surface area contributed by atoms with Crippen molar-refractivity contribution >= 4 is 23.9 Å². The zero-order chi connectivity index (χ0) is 51.0. The molecule has 0 radical (unpaired) electrons. The zero-order valence-corrected chi connectivity index (χ0v) is 46.0. The average Bonchev–Trinajstić information content (AvgIpc) is 3.31. The molecule has 9 saturated carbocycles. The molecule has 0 amide bonds. The summed E-state index contributed by atoms with van der Waals surface area (Å²) in [6.07, 6.45) is 25.0. The van der Waals surface area contributed by atoms with E-state index >= 15 is 0 Å². The largest absolute Gasteiger partial charge is 0.438 e. The lowest BCUT2D eigenvalue weighted by atomic mass is 9.50. The third kappa shape index (κ3) is 25.6. The maximum atomic E-state index is 11.9. The summed E-state index contributed by atoms with van der Waals surface area (Å²) >= 11 is 0. The van der Waals surface area contributed by atoms with E-state index in [1.807, 2.05) is 90.0 Å². The summed E-state index contributed by atoms with van der Waals surface area (Å²) in [6.45, 7) is 26.9. The van der Waals surface area contributed by atoms with Gasteiger partial charge in [0.15, 0.2) is 27.2 Å². The van der Waals surface area contributed by atoms with Gasteiger partial charge in [0.2, 0.25) is 0 Å². The van der Waals surface area contributed by atoms with E-state index in [2.05, 4.69) is 0 Å². The highest BCUT2D eigenvalue weighted by atomic mass is 16.7. The maximum Gasteiger partial charge on any atom is 0.313 e. The quantitative estimate of drug-likeness (QED) is 0.0467. The second-order valence-electron chi connectivity index (χ2n) is 24.9. The van der Waals surface area contributed by atoms with Gasteiger partial charge >= 0.3 is 23.9 Å². The van der Waals surface area contributed by atoms with Crippen LogP contribution in [0.1, 0.15) is 278 Å². The first-order valence-corrected chi connectivity index (χ1v) is 27.6. The van der Waals surface area contributed by atoms with E-state index in [0.717, 1.165) is 86.6 Å². The Morgan fingerprint density at radius 1 is 0.403 bits per heavy atom. The van der Waals surface area contributed by atoms with Gasteiger partial charge in [0.1, 0.15) is 0 Å². The molecular weight excluding hydrogens is 973 g/mol. The van der Waals surface area contributed by atoms with E-state index in [-0.39, 0.29) is 110 Å². The van der Waals surface area contributed by atoms with Crippen molar-refractivity contribution in [2.75, 3.05) is 40.4 Å². The number of carbonyl (C=O) groups excluding carboxylic acids is 4. The van der Waals surface area contributed by atoms with Gasteiger partial charge < -0.3 is 37.9 Å². The van der Waals surface area contributed by atoms with E-state index in [0.29, 0.717) is 24.2 Å². The normalized spacial score (nSPS) is 26.0. The van der Waals surface area contributed by atoms with Gasteiger partial charge in [-0.1, -0.05) is 106 Å². The van der Waals surface area contributed by atoms with E-state index in [1.165, 1.54) is 89.9 Å². The molecule has 0 spiro atoms. The third-order valence-corrected chi connectivity index (χ3v) is 17.7. The molecule has 9 fully saturated rings. The molecule has 9 aliphatic carbocycles. The molecule has 0 heterocycles.